The van der Waals surface area contributed by atoms with Crippen LogP contribution < -0.4 is 9.47 Å². The molecule has 0 heterocycles. The monoisotopic (exact) mass is 373 g/mol. The summed E-state index contributed by atoms with van der Waals surface area (Å²) in [6, 6.07) is 22.6. The first-order valence-electron chi connectivity index (χ1n) is 9.76. The third-order valence-electron chi connectivity index (χ3n) is 4.49. The van der Waals surface area contributed by atoms with Gasteiger partial charge < -0.3 is 9.47 Å². The molecule has 3 heteroatoms. The van der Waals surface area contributed by atoms with Crippen molar-refractivity contribution >= 4 is 11.9 Å². The highest BCUT2D eigenvalue weighted by Gasteiger charge is 2.06. The second-order valence-electron chi connectivity index (χ2n) is 6.69. The molecule has 0 N–H and O–H groups in total. The fraction of sp³-hybridized carbons (Fsp3) is 0.240. The van der Waals surface area contributed by atoms with Crippen molar-refractivity contribution in [2.45, 2.75) is 33.8 Å². The fourth-order valence-corrected chi connectivity index (χ4v) is 2.80. The third-order valence-corrected chi connectivity index (χ3v) is 4.49. The maximum Gasteiger partial charge on any atom is 0.161 e. The van der Waals surface area contributed by atoms with Gasteiger partial charge in [0.1, 0.15) is 6.61 Å². The van der Waals surface area contributed by atoms with Gasteiger partial charge in [0.2, 0.25) is 0 Å². The van der Waals surface area contributed by atoms with E-state index in [4.69, 9.17) is 9.47 Å². The van der Waals surface area contributed by atoms with Crippen molar-refractivity contribution in [2.24, 2.45) is 4.99 Å². The predicted molar refractivity (Wildman–Crippen MR) is 116 cm³/mol. The first-order valence-corrected chi connectivity index (χ1v) is 9.76. The summed E-state index contributed by atoms with van der Waals surface area (Å²) in [6.45, 7) is 7.30. The molecule has 0 unspecified atom stereocenters. The number of nitrogens with zero attached hydrogens (tertiary/aromatic N) is 1. The van der Waals surface area contributed by atoms with Crippen molar-refractivity contribution < 1.29 is 9.47 Å². The van der Waals surface area contributed by atoms with Crippen molar-refractivity contribution in [1.29, 1.82) is 0 Å². The van der Waals surface area contributed by atoms with Crippen LogP contribution in [0.3, 0.4) is 0 Å². The summed E-state index contributed by atoms with van der Waals surface area (Å²) < 4.78 is 11.8. The first kappa shape index (κ1) is 19.7. The van der Waals surface area contributed by atoms with Crippen LogP contribution in [0, 0.1) is 6.92 Å². The maximum atomic E-state index is 5.99. The van der Waals surface area contributed by atoms with Crippen molar-refractivity contribution in [3.63, 3.8) is 0 Å². The van der Waals surface area contributed by atoms with Crippen LogP contribution in [0.2, 0.25) is 0 Å². The van der Waals surface area contributed by atoms with Gasteiger partial charge in [0.25, 0.3) is 0 Å². The summed E-state index contributed by atoms with van der Waals surface area (Å²) in [5, 5.41) is 0. The molecular weight excluding hydrogens is 346 g/mol. The molecule has 3 rings (SSSR count). The molecule has 0 aliphatic heterocycles. The molecule has 0 bridgehead atoms. The maximum absolute atomic E-state index is 5.99. The van der Waals surface area contributed by atoms with E-state index in [0.29, 0.717) is 13.2 Å². The van der Waals surface area contributed by atoms with Crippen LogP contribution in [0.25, 0.3) is 0 Å². The van der Waals surface area contributed by atoms with Crippen LogP contribution in [0.5, 0.6) is 11.5 Å². The van der Waals surface area contributed by atoms with Gasteiger partial charge in [-0.3, -0.25) is 4.99 Å². The minimum Gasteiger partial charge on any atom is -0.490 e. The van der Waals surface area contributed by atoms with E-state index in [0.717, 1.165) is 34.7 Å². The van der Waals surface area contributed by atoms with E-state index < -0.39 is 0 Å². The van der Waals surface area contributed by atoms with E-state index in [1.165, 1.54) is 11.1 Å². The quantitative estimate of drug-likeness (QED) is 0.435. The average molecular weight is 373 g/mol. The van der Waals surface area contributed by atoms with Gasteiger partial charge in [-0.05, 0) is 67.3 Å². The molecule has 0 amide bonds. The van der Waals surface area contributed by atoms with Gasteiger partial charge in [0.15, 0.2) is 11.5 Å². The molecule has 0 radical (unpaired) electrons. The van der Waals surface area contributed by atoms with Crippen molar-refractivity contribution in [2.75, 3.05) is 6.61 Å². The molecular formula is C25H27NO2. The number of ether oxygens (including phenoxy) is 2. The SMILES string of the molecule is CCOc1cc(C=Nc2ccc(CC)cc2)ccc1OCc1ccc(C)cc1. The third kappa shape index (κ3) is 5.46. The summed E-state index contributed by atoms with van der Waals surface area (Å²) in [5.74, 6) is 1.48. The van der Waals surface area contributed by atoms with Gasteiger partial charge in [-0.25, -0.2) is 0 Å². The van der Waals surface area contributed by atoms with E-state index in [9.17, 15) is 0 Å². The molecule has 3 aromatic carbocycles. The lowest BCUT2D eigenvalue weighted by molar-refractivity contribution is 0.269. The van der Waals surface area contributed by atoms with Crippen LogP contribution in [-0.4, -0.2) is 12.8 Å². The van der Waals surface area contributed by atoms with Gasteiger partial charge in [-0.2, -0.15) is 0 Å². The van der Waals surface area contributed by atoms with E-state index in [1.54, 1.807) is 0 Å². The van der Waals surface area contributed by atoms with Crippen LogP contribution in [0.4, 0.5) is 5.69 Å². The summed E-state index contributed by atoms with van der Waals surface area (Å²) in [5.41, 5.74) is 5.61. The van der Waals surface area contributed by atoms with Crippen LogP contribution in [0.1, 0.15) is 36.1 Å². The van der Waals surface area contributed by atoms with E-state index in [2.05, 4.69) is 55.2 Å². The molecule has 0 atom stereocenters. The Morgan fingerprint density at radius 3 is 2.18 bits per heavy atom. The zero-order valence-electron chi connectivity index (χ0n) is 16.8. The Bertz CT molecular complexity index is 912. The van der Waals surface area contributed by atoms with Gasteiger partial charge in [-0.1, -0.05) is 48.9 Å². The number of hydrogen-bond donors (Lipinski definition) is 0. The highest BCUT2D eigenvalue weighted by molar-refractivity contribution is 5.83. The lowest BCUT2D eigenvalue weighted by Crippen LogP contribution is -2.00. The molecule has 0 fully saturated rings. The van der Waals surface area contributed by atoms with Crippen LogP contribution >= 0.6 is 0 Å². The molecule has 0 spiro atoms. The largest absolute Gasteiger partial charge is 0.490 e. The molecule has 144 valence electrons. The molecule has 0 saturated heterocycles. The Morgan fingerprint density at radius 1 is 0.786 bits per heavy atom. The average Bonchev–Trinajstić information content (AvgIpc) is 2.73. The van der Waals surface area contributed by atoms with Crippen LogP contribution in [0.15, 0.2) is 71.7 Å². The second kappa shape index (κ2) is 9.75. The molecule has 0 saturated carbocycles. The number of hydrogen-bond acceptors (Lipinski definition) is 3. The zero-order chi connectivity index (χ0) is 19.8. The van der Waals surface area contributed by atoms with Gasteiger partial charge >= 0.3 is 0 Å². The summed E-state index contributed by atoms with van der Waals surface area (Å²) >= 11 is 0. The van der Waals surface area contributed by atoms with Crippen molar-refractivity contribution in [3.05, 3.63) is 89.0 Å². The second-order valence-corrected chi connectivity index (χ2v) is 6.69. The molecule has 28 heavy (non-hydrogen) atoms. The standard InChI is InChI=1S/C25H27NO2/c1-4-20-10-13-23(14-11-20)26-17-22-12-15-24(25(16-22)27-5-2)28-18-21-8-6-19(3)7-9-21/h6-17H,4-5,18H2,1-3H3. The molecule has 3 aromatic rings. The first-order chi connectivity index (χ1) is 13.7. The topological polar surface area (TPSA) is 30.8 Å². The van der Waals surface area contributed by atoms with E-state index in [-0.39, 0.29) is 0 Å². The Balaban J connectivity index is 1.72. The molecule has 0 aromatic heterocycles. The number of benzene rings is 3. The van der Waals surface area contributed by atoms with Crippen molar-refractivity contribution in [3.8, 4) is 11.5 Å². The van der Waals surface area contributed by atoms with Crippen molar-refractivity contribution in [1.82, 2.24) is 0 Å². The Labute approximate surface area is 167 Å². The van der Waals surface area contributed by atoms with Crippen LogP contribution in [-0.2, 0) is 13.0 Å². The Hall–Kier alpha value is -3.07. The highest BCUT2D eigenvalue weighted by atomic mass is 16.5. The Kier molecular flexibility index (Phi) is 6.85. The number of aryl methyl sites for hydroxylation is 2. The Morgan fingerprint density at radius 2 is 1.50 bits per heavy atom. The molecule has 3 nitrogen and oxygen atoms in total. The van der Waals surface area contributed by atoms with E-state index >= 15 is 0 Å². The van der Waals surface area contributed by atoms with Gasteiger partial charge in [-0.15, -0.1) is 0 Å². The molecule has 0 aliphatic rings. The summed E-state index contributed by atoms with van der Waals surface area (Å²) in [6.07, 6.45) is 2.89. The molecule has 0 aliphatic carbocycles. The normalized spacial score (nSPS) is 11.0. The van der Waals surface area contributed by atoms with E-state index in [1.807, 2.05) is 43.5 Å². The fourth-order valence-electron chi connectivity index (χ4n) is 2.80. The minimum absolute atomic E-state index is 0.511. The smallest absolute Gasteiger partial charge is 0.161 e. The summed E-state index contributed by atoms with van der Waals surface area (Å²) in [7, 11) is 0. The highest BCUT2D eigenvalue weighted by Crippen LogP contribution is 2.29. The predicted octanol–water partition coefficient (Wildman–Crippen LogP) is 6.29. The minimum atomic E-state index is 0.511. The number of aliphatic imine (C=N–C) groups is 1. The van der Waals surface area contributed by atoms with Gasteiger partial charge in [0.05, 0.1) is 12.3 Å². The zero-order valence-corrected chi connectivity index (χ0v) is 16.8. The number of rotatable bonds is 8. The van der Waals surface area contributed by atoms with Gasteiger partial charge in [0, 0.05) is 6.21 Å². The summed E-state index contributed by atoms with van der Waals surface area (Å²) in [4.78, 5) is 4.56. The lowest BCUT2D eigenvalue weighted by Gasteiger charge is -2.13. The lowest BCUT2D eigenvalue weighted by atomic mass is 10.1.